The van der Waals surface area contributed by atoms with Gasteiger partial charge in [0.1, 0.15) is 0 Å². The van der Waals surface area contributed by atoms with E-state index in [0.29, 0.717) is 0 Å². The van der Waals surface area contributed by atoms with Crippen molar-refractivity contribution in [3.05, 3.63) is 0 Å². The van der Waals surface area contributed by atoms with Crippen LogP contribution in [0.4, 0.5) is 17.6 Å². The van der Waals surface area contributed by atoms with Gasteiger partial charge in [0.15, 0.2) is 0 Å². The lowest BCUT2D eigenvalue weighted by Gasteiger charge is -2.46. The highest BCUT2D eigenvalue weighted by molar-refractivity contribution is 5.02. The summed E-state index contributed by atoms with van der Waals surface area (Å²) in [6, 6.07) is 0. The van der Waals surface area contributed by atoms with Crippen LogP contribution in [0.5, 0.6) is 0 Å². The summed E-state index contributed by atoms with van der Waals surface area (Å²) >= 11 is 0. The number of rotatable bonds is 0. The van der Waals surface area contributed by atoms with Gasteiger partial charge in [0.2, 0.25) is 0 Å². The largest absolute Gasteiger partial charge is 0.315 e. The lowest BCUT2D eigenvalue weighted by Crippen LogP contribution is -2.58. The molecule has 0 bridgehead atoms. The first-order chi connectivity index (χ1) is 5.63. The fourth-order valence-electron chi connectivity index (χ4n) is 1.68. The standard InChI is InChI=1S/C9H14F4/c1-6-4-5-7(2,3)9(12,13)8(6,10)11/h6H,4-5H2,1-3H3/t6-/m1/s1. The molecule has 1 aliphatic carbocycles. The molecule has 4 heteroatoms. The van der Waals surface area contributed by atoms with Gasteiger partial charge in [0, 0.05) is 11.3 Å². The second kappa shape index (κ2) is 2.61. The maximum Gasteiger partial charge on any atom is 0.315 e. The minimum atomic E-state index is -3.89. The van der Waals surface area contributed by atoms with Crippen molar-refractivity contribution >= 4 is 0 Å². The maximum atomic E-state index is 13.3. The molecule has 1 aliphatic rings. The van der Waals surface area contributed by atoms with Gasteiger partial charge < -0.3 is 0 Å². The van der Waals surface area contributed by atoms with Gasteiger partial charge in [-0.2, -0.15) is 17.6 Å². The highest BCUT2D eigenvalue weighted by Crippen LogP contribution is 2.57. The van der Waals surface area contributed by atoms with Crippen LogP contribution in [0.25, 0.3) is 0 Å². The van der Waals surface area contributed by atoms with Gasteiger partial charge >= 0.3 is 11.8 Å². The topological polar surface area (TPSA) is 0 Å². The number of halogens is 4. The summed E-state index contributed by atoms with van der Waals surface area (Å²) in [6.07, 6.45) is 0.312. The van der Waals surface area contributed by atoms with E-state index in [1.807, 2.05) is 0 Å². The minimum Gasteiger partial charge on any atom is -0.200 e. The monoisotopic (exact) mass is 198 g/mol. The number of alkyl halides is 4. The van der Waals surface area contributed by atoms with Gasteiger partial charge in [-0.3, -0.25) is 0 Å². The zero-order valence-corrected chi connectivity index (χ0v) is 8.00. The van der Waals surface area contributed by atoms with Crippen LogP contribution in [0, 0.1) is 11.3 Å². The van der Waals surface area contributed by atoms with E-state index >= 15 is 0 Å². The Morgan fingerprint density at radius 3 is 1.92 bits per heavy atom. The Morgan fingerprint density at radius 2 is 1.54 bits per heavy atom. The number of hydrogen-bond acceptors (Lipinski definition) is 0. The third-order valence-electron chi connectivity index (χ3n) is 3.09. The minimum absolute atomic E-state index is 0.150. The van der Waals surface area contributed by atoms with E-state index in [1.165, 1.54) is 20.8 Å². The molecule has 0 aromatic carbocycles. The van der Waals surface area contributed by atoms with Gasteiger partial charge in [-0.1, -0.05) is 20.8 Å². The fourth-order valence-corrected chi connectivity index (χ4v) is 1.68. The van der Waals surface area contributed by atoms with Gasteiger partial charge in [0.05, 0.1) is 0 Å². The van der Waals surface area contributed by atoms with E-state index in [9.17, 15) is 17.6 Å². The predicted octanol–water partition coefficient (Wildman–Crippen LogP) is 3.71. The molecule has 0 heterocycles. The smallest absolute Gasteiger partial charge is 0.200 e. The van der Waals surface area contributed by atoms with E-state index in [-0.39, 0.29) is 12.8 Å². The highest BCUT2D eigenvalue weighted by Gasteiger charge is 2.68. The molecule has 0 aromatic rings. The first-order valence-electron chi connectivity index (χ1n) is 4.38. The van der Waals surface area contributed by atoms with Crippen molar-refractivity contribution in [2.75, 3.05) is 0 Å². The molecule has 1 atom stereocenters. The molecule has 13 heavy (non-hydrogen) atoms. The molecule has 0 radical (unpaired) electrons. The summed E-state index contributed by atoms with van der Waals surface area (Å²) in [6.45, 7) is 3.59. The molecule has 1 rings (SSSR count). The molecule has 1 fully saturated rings. The summed E-state index contributed by atoms with van der Waals surface area (Å²) in [7, 11) is 0. The Kier molecular flexibility index (Phi) is 2.17. The van der Waals surface area contributed by atoms with Crippen LogP contribution in [-0.4, -0.2) is 11.8 Å². The molecule has 0 spiro atoms. The summed E-state index contributed by atoms with van der Waals surface area (Å²) in [4.78, 5) is 0. The third kappa shape index (κ3) is 1.25. The second-order valence-corrected chi connectivity index (χ2v) is 4.52. The van der Waals surface area contributed by atoms with Crippen LogP contribution in [0.15, 0.2) is 0 Å². The lowest BCUT2D eigenvalue weighted by atomic mass is 9.68. The van der Waals surface area contributed by atoms with Crippen molar-refractivity contribution in [1.82, 2.24) is 0 Å². The molecule has 0 N–H and O–H groups in total. The molecule has 0 amide bonds. The normalized spacial score (nSPS) is 35.8. The molecular weight excluding hydrogens is 184 g/mol. The van der Waals surface area contributed by atoms with E-state index in [4.69, 9.17) is 0 Å². The predicted molar refractivity (Wildman–Crippen MR) is 42.1 cm³/mol. The zero-order chi connectivity index (χ0) is 10.5. The van der Waals surface area contributed by atoms with Crippen LogP contribution in [0.2, 0.25) is 0 Å². The number of hydrogen-bond donors (Lipinski definition) is 0. The average molecular weight is 198 g/mol. The average Bonchev–Trinajstić information content (AvgIpc) is 1.97. The van der Waals surface area contributed by atoms with Crippen LogP contribution in [0.1, 0.15) is 33.6 Å². The Morgan fingerprint density at radius 1 is 1.08 bits per heavy atom. The van der Waals surface area contributed by atoms with Gasteiger partial charge in [0.25, 0.3) is 0 Å². The maximum absolute atomic E-state index is 13.3. The van der Waals surface area contributed by atoms with Crippen molar-refractivity contribution in [2.24, 2.45) is 11.3 Å². The summed E-state index contributed by atoms with van der Waals surface area (Å²) in [5.74, 6) is -8.98. The molecule has 78 valence electrons. The van der Waals surface area contributed by atoms with Gasteiger partial charge in [-0.15, -0.1) is 0 Å². The van der Waals surface area contributed by atoms with Gasteiger partial charge in [-0.05, 0) is 12.8 Å². The van der Waals surface area contributed by atoms with E-state index in [1.54, 1.807) is 0 Å². The Hall–Kier alpha value is -0.280. The summed E-state index contributed by atoms with van der Waals surface area (Å²) in [5, 5.41) is 0. The Bertz CT molecular complexity index is 208. The van der Waals surface area contributed by atoms with Crippen molar-refractivity contribution in [1.29, 1.82) is 0 Å². The third-order valence-corrected chi connectivity index (χ3v) is 3.09. The first kappa shape index (κ1) is 10.8. The molecule has 1 saturated carbocycles. The van der Waals surface area contributed by atoms with E-state index < -0.39 is 23.2 Å². The van der Waals surface area contributed by atoms with E-state index in [2.05, 4.69) is 0 Å². The molecule has 0 aromatic heterocycles. The fraction of sp³-hybridized carbons (Fsp3) is 1.00. The molecule has 0 aliphatic heterocycles. The van der Waals surface area contributed by atoms with Crippen LogP contribution in [-0.2, 0) is 0 Å². The van der Waals surface area contributed by atoms with Crippen molar-refractivity contribution in [3.8, 4) is 0 Å². The lowest BCUT2D eigenvalue weighted by molar-refractivity contribution is -0.301. The van der Waals surface area contributed by atoms with Gasteiger partial charge in [-0.25, -0.2) is 0 Å². The van der Waals surface area contributed by atoms with Crippen molar-refractivity contribution in [3.63, 3.8) is 0 Å². The van der Waals surface area contributed by atoms with Crippen LogP contribution >= 0.6 is 0 Å². The molecule has 0 saturated heterocycles. The van der Waals surface area contributed by atoms with Crippen molar-refractivity contribution < 1.29 is 17.6 Å². The first-order valence-corrected chi connectivity index (χ1v) is 4.38. The van der Waals surface area contributed by atoms with Crippen LogP contribution in [0.3, 0.4) is 0 Å². The quantitative estimate of drug-likeness (QED) is 0.520. The zero-order valence-electron chi connectivity index (χ0n) is 8.00. The molecule has 0 nitrogen and oxygen atoms in total. The molecule has 0 unspecified atom stereocenters. The highest BCUT2D eigenvalue weighted by atomic mass is 19.3. The molecular formula is C9H14F4. The summed E-state index contributed by atoms with van der Waals surface area (Å²) < 4.78 is 52.8. The second-order valence-electron chi connectivity index (χ2n) is 4.52. The Balaban J connectivity index is 3.07. The van der Waals surface area contributed by atoms with Crippen molar-refractivity contribution in [2.45, 2.75) is 45.5 Å². The summed E-state index contributed by atoms with van der Waals surface area (Å²) in [5.41, 5.74) is -1.59. The van der Waals surface area contributed by atoms with E-state index in [0.717, 1.165) is 0 Å². The van der Waals surface area contributed by atoms with Crippen LogP contribution < -0.4 is 0 Å². The Labute approximate surface area is 75.3 Å². The SMILES string of the molecule is C[C@@H]1CCC(C)(C)C(F)(F)C1(F)F.